The Morgan fingerprint density at radius 3 is 2.56 bits per heavy atom. The van der Waals surface area contributed by atoms with Gasteiger partial charge in [0.25, 0.3) is 5.91 Å². The lowest BCUT2D eigenvalue weighted by Gasteiger charge is -2.39. The molecule has 0 bridgehead atoms. The van der Waals surface area contributed by atoms with Gasteiger partial charge in [-0.3, -0.25) is 9.59 Å². The Balaban J connectivity index is 1.81. The van der Waals surface area contributed by atoms with Crippen molar-refractivity contribution in [1.29, 1.82) is 0 Å². The lowest BCUT2D eigenvalue weighted by molar-refractivity contribution is -0.124. The van der Waals surface area contributed by atoms with E-state index >= 15 is 0 Å². The lowest BCUT2D eigenvalue weighted by Crippen LogP contribution is -2.57. The van der Waals surface area contributed by atoms with Crippen molar-refractivity contribution in [2.75, 3.05) is 18.0 Å². The summed E-state index contributed by atoms with van der Waals surface area (Å²) >= 11 is 6.19. The van der Waals surface area contributed by atoms with Crippen LogP contribution in [0.2, 0.25) is 5.02 Å². The number of amides is 2. The van der Waals surface area contributed by atoms with Crippen LogP contribution in [0.5, 0.6) is 0 Å². The summed E-state index contributed by atoms with van der Waals surface area (Å²) in [4.78, 5) is 29.0. The summed E-state index contributed by atoms with van der Waals surface area (Å²) in [6, 6.07) is 12.5. The Kier molecular flexibility index (Phi) is 4.82. The molecule has 2 aromatic rings. The van der Waals surface area contributed by atoms with E-state index in [9.17, 15) is 9.59 Å². The lowest BCUT2D eigenvalue weighted by atomic mass is 10.1. The fourth-order valence-electron chi connectivity index (χ4n) is 3.10. The number of carbonyl (C=O) groups is 2. The van der Waals surface area contributed by atoms with E-state index in [0.717, 1.165) is 16.8 Å². The molecule has 3 rings (SSSR count). The molecule has 25 heavy (non-hydrogen) atoms. The quantitative estimate of drug-likeness (QED) is 0.820. The van der Waals surface area contributed by atoms with Gasteiger partial charge >= 0.3 is 0 Å². The molecule has 1 fully saturated rings. The molecule has 0 aromatic heterocycles. The molecular weight excluding hydrogens is 336 g/mol. The second-order valence-electron chi connectivity index (χ2n) is 6.47. The Hall–Kier alpha value is -2.33. The Labute approximate surface area is 153 Å². The van der Waals surface area contributed by atoms with Crippen LogP contribution in [0.25, 0.3) is 0 Å². The van der Waals surface area contributed by atoms with Crippen molar-refractivity contribution >= 4 is 29.1 Å². The summed E-state index contributed by atoms with van der Waals surface area (Å²) in [6.07, 6.45) is 0. The Bertz CT molecular complexity index is 834. The van der Waals surface area contributed by atoms with Crippen LogP contribution in [0, 0.1) is 13.8 Å². The zero-order valence-corrected chi connectivity index (χ0v) is 15.4. The third kappa shape index (κ3) is 3.40. The molecule has 0 spiro atoms. The topological polar surface area (TPSA) is 40.6 Å². The molecule has 2 aromatic carbocycles. The summed E-state index contributed by atoms with van der Waals surface area (Å²) in [7, 11) is 0. The molecule has 0 unspecified atom stereocenters. The van der Waals surface area contributed by atoms with Gasteiger partial charge in [-0.1, -0.05) is 35.4 Å². The first kappa shape index (κ1) is 17.5. The monoisotopic (exact) mass is 356 g/mol. The van der Waals surface area contributed by atoms with Crippen LogP contribution in [-0.2, 0) is 4.79 Å². The largest absolute Gasteiger partial charge is 0.325 e. The first-order chi connectivity index (χ1) is 11.9. The SMILES string of the molecule is Cc1cccc(C(=O)N2CCN(c3ccc(C)c(Cl)c3)C(=O)[C@@H]2C)c1. The first-order valence-electron chi connectivity index (χ1n) is 8.33. The van der Waals surface area contributed by atoms with Crippen molar-refractivity contribution in [3.8, 4) is 0 Å². The number of carbonyl (C=O) groups excluding carboxylic acids is 2. The second-order valence-corrected chi connectivity index (χ2v) is 6.87. The van der Waals surface area contributed by atoms with Crippen molar-refractivity contribution in [2.45, 2.75) is 26.8 Å². The van der Waals surface area contributed by atoms with Crippen molar-refractivity contribution in [3.63, 3.8) is 0 Å². The summed E-state index contributed by atoms with van der Waals surface area (Å²) in [5.41, 5.74) is 3.39. The van der Waals surface area contributed by atoms with Crippen molar-refractivity contribution in [2.24, 2.45) is 0 Å². The molecule has 1 aliphatic rings. The molecule has 0 radical (unpaired) electrons. The van der Waals surface area contributed by atoms with Crippen LogP contribution in [0.15, 0.2) is 42.5 Å². The van der Waals surface area contributed by atoms with E-state index in [4.69, 9.17) is 11.6 Å². The van der Waals surface area contributed by atoms with Crippen molar-refractivity contribution in [1.82, 2.24) is 4.90 Å². The van der Waals surface area contributed by atoms with Crippen LogP contribution >= 0.6 is 11.6 Å². The molecule has 2 amide bonds. The number of nitrogens with zero attached hydrogens (tertiary/aromatic N) is 2. The maximum absolute atomic E-state index is 12.8. The van der Waals surface area contributed by atoms with Gasteiger partial charge in [0.2, 0.25) is 5.91 Å². The van der Waals surface area contributed by atoms with Crippen LogP contribution in [0.1, 0.15) is 28.4 Å². The van der Waals surface area contributed by atoms with E-state index < -0.39 is 6.04 Å². The predicted molar refractivity (Wildman–Crippen MR) is 100 cm³/mol. The van der Waals surface area contributed by atoms with Crippen molar-refractivity contribution in [3.05, 3.63) is 64.2 Å². The van der Waals surface area contributed by atoms with Gasteiger partial charge in [-0.05, 0) is 50.6 Å². The van der Waals surface area contributed by atoms with Gasteiger partial charge in [0.05, 0.1) is 0 Å². The smallest absolute Gasteiger partial charge is 0.254 e. The van der Waals surface area contributed by atoms with E-state index in [1.807, 2.05) is 44.2 Å². The van der Waals surface area contributed by atoms with Crippen molar-refractivity contribution < 1.29 is 9.59 Å². The van der Waals surface area contributed by atoms with Crippen LogP contribution in [-0.4, -0.2) is 35.8 Å². The second kappa shape index (κ2) is 6.89. The summed E-state index contributed by atoms with van der Waals surface area (Å²) < 4.78 is 0. The van der Waals surface area contributed by atoms with Crippen LogP contribution in [0.3, 0.4) is 0 Å². The third-order valence-electron chi connectivity index (χ3n) is 4.65. The highest BCUT2D eigenvalue weighted by Gasteiger charge is 2.35. The van der Waals surface area contributed by atoms with Crippen LogP contribution < -0.4 is 4.90 Å². The molecule has 5 heteroatoms. The molecule has 1 saturated heterocycles. The standard InChI is InChI=1S/C20H21ClN2O2/c1-13-5-4-6-16(11-13)20(25)22-9-10-23(19(24)15(22)3)17-8-7-14(2)18(21)12-17/h4-8,11-12,15H,9-10H2,1-3H3/t15-/m0/s1. The molecular formula is C20H21ClN2O2. The zero-order valence-electron chi connectivity index (χ0n) is 14.6. The number of hydrogen-bond acceptors (Lipinski definition) is 2. The van der Waals surface area contributed by atoms with Crippen LogP contribution in [0.4, 0.5) is 5.69 Å². The average molecular weight is 357 g/mol. The van der Waals surface area contributed by atoms with E-state index in [1.165, 1.54) is 0 Å². The first-order valence-corrected chi connectivity index (χ1v) is 8.71. The highest BCUT2D eigenvalue weighted by molar-refractivity contribution is 6.31. The van der Waals surface area contributed by atoms with Gasteiger partial charge in [-0.2, -0.15) is 0 Å². The number of halogens is 1. The predicted octanol–water partition coefficient (Wildman–Crippen LogP) is 3.83. The Morgan fingerprint density at radius 2 is 1.88 bits per heavy atom. The molecule has 4 nitrogen and oxygen atoms in total. The molecule has 0 aliphatic carbocycles. The van der Waals surface area contributed by atoms with E-state index in [0.29, 0.717) is 23.7 Å². The maximum Gasteiger partial charge on any atom is 0.254 e. The summed E-state index contributed by atoms with van der Waals surface area (Å²) in [5.74, 6) is -0.196. The normalized spacial score (nSPS) is 17.8. The third-order valence-corrected chi connectivity index (χ3v) is 5.06. The highest BCUT2D eigenvalue weighted by Crippen LogP contribution is 2.26. The van der Waals surface area contributed by atoms with Gasteiger partial charge in [0, 0.05) is 29.4 Å². The van der Waals surface area contributed by atoms with Gasteiger partial charge in [-0.25, -0.2) is 0 Å². The number of benzene rings is 2. The van der Waals surface area contributed by atoms with Gasteiger partial charge in [0.15, 0.2) is 0 Å². The zero-order chi connectivity index (χ0) is 18.1. The number of anilines is 1. The Morgan fingerprint density at radius 1 is 1.12 bits per heavy atom. The highest BCUT2D eigenvalue weighted by atomic mass is 35.5. The molecule has 0 N–H and O–H groups in total. The number of piperazine rings is 1. The molecule has 1 heterocycles. The summed E-state index contributed by atoms with van der Waals surface area (Å²) in [5, 5.41) is 0.635. The van der Waals surface area contributed by atoms with Gasteiger partial charge < -0.3 is 9.80 Å². The minimum atomic E-state index is -0.512. The number of rotatable bonds is 2. The minimum Gasteiger partial charge on any atom is -0.325 e. The summed E-state index contributed by atoms with van der Waals surface area (Å²) in [6.45, 7) is 6.60. The van der Waals surface area contributed by atoms with E-state index in [-0.39, 0.29) is 11.8 Å². The molecule has 1 aliphatic heterocycles. The fourth-order valence-corrected chi connectivity index (χ4v) is 3.27. The van der Waals surface area contributed by atoms with E-state index in [2.05, 4.69) is 0 Å². The average Bonchev–Trinajstić information content (AvgIpc) is 2.59. The van der Waals surface area contributed by atoms with E-state index in [1.54, 1.807) is 28.9 Å². The fraction of sp³-hybridized carbons (Fsp3) is 0.300. The van der Waals surface area contributed by atoms with Gasteiger partial charge in [-0.15, -0.1) is 0 Å². The minimum absolute atomic E-state index is 0.0906. The number of hydrogen-bond donors (Lipinski definition) is 0. The molecule has 0 saturated carbocycles. The maximum atomic E-state index is 12.8. The molecule has 1 atom stereocenters. The molecule has 130 valence electrons. The van der Waals surface area contributed by atoms with Gasteiger partial charge in [0.1, 0.15) is 6.04 Å². The number of aryl methyl sites for hydroxylation is 2.